The number of fused-ring (bicyclic) bond motifs is 3. The Bertz CT molecular complexity index is 861. The van der Waals surface area contributed by atoms with Gasteiger partial charge in [0.2, 0.25) is 0 Å². The van der Waals surface area contributed by atoms with Gasteiger partial charge < -0.3 is 10.1 Å². The third-order valence-corrected chi connectivity index (χ3v) is 3.11. The highest BCUT2D eigenvalue weighted by Crippen LogP contribution is 2.24. The number of nitrogens with zero attached hydrogens (tertiary/aromatic N) is 2. The summed E-state index contributed by atoms with van der Waals surface area (Å²) in [6.45, 7) is 2.18. The lowest BCUT2D eigenvalue weighted by atomic mass is 10.1. The van der Waals surface area contributed by atoms with Gasteiger partial charge in [-0.05, 0) is 13.0 Å². The molecular formula is C13H11N3O3. The van der Waals surface area contributed by atoms with Crippen molar-refractivity contribution in [3.63, 3.8) is 0 Å². The maximum Gasteiger partial charge on any atom is 0.354 e. The van der Waals surface area contributed by atoms with E-state index in [1.54, 1.807) is 31.2 Å². The number of H-pyrrole nitrogens is 1. The van der Waals surface area contributed by atoms with Crippen molar-refractivity contribution in [2.24, 2.45) is 0 Å². The first kappa shape index (κ1) is 11.5. The van der Waals surface area contributed by atoms with Crippen LogP contribution >= 0.6 is 0 Å². The van der Waals surface area contributed by atoms with Crippen molar-refractivity contribution in [1.29, 1.82) is 0 Å². The average Bonchev–Trinajstić information content (AvgIpc) is 2.79. The summed E-state index contributed by atoms with van der Waals surface area (Å²) in [5.74, 6) is -1.08. The standard InChI is InChI=1S/C13H11N3O3/c1-2-16-11(13(18)19)9-7-5-3-4-6-8(7)14-12(17)10(9)15-16/h3-6H,2H2,1H3,(H,14,17)(H,18,19). The number of rotatable bonds is 2. The summed E-state index contributed by atoms with van der Waals surface area (Å²) < 4.78 is 1.34. The Kier molecular flexibility index (Phi) is 2.38. The van der Waals surface area contributed by atoms with Crippen LogP contribution in [0.1, 0.15) is 17.4 Å². The quantitative estimate of drug-likeness (QED) is 0.729. The third kappa shape index (κ3) is 1.53. The summed E-state index contributed by atoms with van der Waals surface area (Å²) in [6.07, 6.45) is 0. The molecule has 2 N–H and O–H groups in total. The first-order valence-electron chi connectivity index (χ1n) is 5.88. The van der Waals surface area contributed by atoms with E-state index in [-0.39, 0.29) is 16.8 Å². The number of hydrogen-bond donors (Lipinski definition) is 2. The summed E-state index contributed by atoms with van der Waals surface area (Å²) in [5.41, 5.74) is 0.458. The molecular weight excluding hydrogens is 246 g/mol. The van der Waals surface area contributed by atoms with Gasteiger partial charge in [0.05, 0.1) is 0 Å². The minimum Gasteiger partial charge on any atom is -0.477 e. The SMILES string of the molecule is CCn1nc2c(=O)[nH]c3ccccc3c2c1C(=O)O. The molecule has 6 nitrogen and oxygen atoms in total. The molecule has 0 radical (unpaired) electrons. The Morgan fingerprint density at radius 2 is 2.16 bits per heavy atom. The zero-order valence-electron chi connectivity index (χ0n) is 10.2. The van der Waals surface area contributed by atoms with Gasteiger partial charge in [-0.25, -0.2) is 4.79 Å². The number of aromatic amines is 1. The Balaban J connectivity index is 2.64. The number of nitrogens with one attached hydrogen (secondary N) is 1. The Morgan fingerprint density at radius 1 is 1.42 bits per heavy atom. The number of carboxylic acids is 1. The number of aromatic carboxylic acids is 1. The molecule has 0 aliphatic carbocycles. The van der Waals surface area contributed by atoms with Gasteiger partial charge in [0, 0.05) is 22.8 Å². The summed E-state index contributed by atoms with van der Waals surface area (Å²) in [5, 5.41) is 14.5. The van der Waals surface area contributed by atoms with E-state index >= 15 is 0 Å². The number of aryl methyl sites for hydroxylation is 1. The van der Waals surface area contributed by atoms with Crippen LogP contribution in [0.2, 0.25) is 0 Å². The van der Waals surface area contributed by atoms with Gasteiger partial charge in [-0.3, -0.25) is 9.48 Å². The maximum absolute atomic E-state index is 12.0. The minimum absolute atomic E-state index is 0.0554. The molecule has 0 bridgehead atoms. The molecule has 2 heterocycles. The fourth-order valence-corrected chi connectivity index (χ4v) is 2.31. The predicted octanol–water partition coefficient (Wildman–Crippen LogP) is 1.60. The van der Waals surface area contributed by atoms with E-state index in [0.29, 0.717) is 22.8 Å². The van der Waals surface area contributed by atoms with E-state index in [1.807, 2.05) is 0 Å². The van der Waals surface area contributed by atoms with Gasteiger partial charge in [0.1, 0.15) is 0 Å². The van der Waals surface area contributed by atoms with Crippen LogP contribution in [0.3, 0.4) is 0 Å². The van der Waals surface area contributed by atoms with Crippen LogP contribution in [0.5, 0.6) is 0 Å². The molecule has 0 unspecified atom stereocenters. The van der Waals surface area contributed by atoms with Crippen molar-refractivity contribution in [1.82, 2.24) is 14.8 Å². The Morgan fingerprint density at radius 3 is 2.84 bits per heavy atom. The van der Waals surface area contributed by atoms with Gasteiger partial charge in [0.15, 0.2) is 11.2 Å². The van der Waals surface area contributed by atoms with E-state index in [0.717, 1.165) is 0 Å². The van der Waals surface area contributed by atoms with Crippen LogP contribution in [-0.2, 0) is 6.54 Å². The largest absolute Gasteiger partial charge is 0.477 e. The summed E-state index contributed by atoms with van der Waals surface area (Å²) in [7, 11) is 0. The lowest BCUT2D eigenvalue weighted by Crippen LogP contribution is -2.08. The zero-order valence-corrected chi connectivity index (χ0v) is 10.2. The summed E-state index contributed by atoms with van der Waals surface area (Å²) in [4.78, 5) is 26.1. The number of hydrogen-bond acceptors (Lipinski definition) is 3. The highest BCUT2D eigenvalue weighted by Gasteiger charge is 2.21. The molecule has 3 aromatic rings. The topological polar surface area (TPSA) is 88.0 Å². The molecule has 1 aromatic carbocycles. The van der Waals surface area contributed by atoms with Crippen LogP contribution in [0.15, 0.2) is 29.1 Å². The van der Waals surface area contributed by atoms with Gasteiger partial charge in [0.25, 0.3) is 5.56 Å². The molecule has 3 rings (SSSR count). The average molecular weight is 257 g/mol. The van der Waals surface area contributed by atoms with Crippen LogP contribution in [0.25, 0.3) is 21.8 Å². The second kappa shape index (κ2) is 3.94. The lowest BCUT2D eigenvalue weighted by Gasteiger charge is -2.01. The highest BCUT2D eigenvalue weighted by atomic mass is 16.4. The van der Waals surface area contributed by atoms with Crippen molar-refractivity contribution < 1.29 is 9.90 Å². The molecule has 0 spiro atoms. The number of carboxylic acid groups (broad SMARTS) is 1. The van der Waals surface area contributed by atoms with Gasteiger partial charge >= 0.3 is 5.97 Å². The smallest absolute Gasteiger partial charge is 0.354 e. The minimum atomic E-state index is -1.08. The van der Waals surface area contributed by atoms with Crippen LogP contribution in [0.4, 0.5) is 0 Å². The predicted molar refractivity (Wildman–Crippen MR) is 70.5 cm³/mol. The first-order chi connectivity index (χ1) is 9.13. The van der Waals surface area contributed by atoms with Crippen LogP contribution in [0, 0.1) is 0 Å². The zero-order chi connectivity index (χ0) is 13.6. The number of benzene rings is 1. The number of carbonyl (C=O) groups is 1. The summed E-state index contributed by atoms with van der Waals surface area (Å²) in [6, 6.07) is 7.11. The van der Waals surface area contributed by atoms with Gasteiger partial charge in [-0.1, -0.05) is 18.2 Å². The lowest BCUT2D eigenvalue weighted by molar-refractivity contribution is 0.0686. The Hall–Kier alpha value is -2.63. The van der Waals surface area contributed by atoms with Crippen molar-refractivity contribution >= 4 is 27.8 Å². The molecule has 0 amide bonds. The van der Waals surface area contributed by atoms with Crippen molar-refractivity contribution in [2.45, 2.75) is 13.5 Å². The normalized spacial score (nSPS) is 11.2. The molecule has 0 saturated carbocycles. The molecule has 0 saturated heterocycles. The molecule has 0 atom stereocenters. The van der Waals surface area contributed by atoms with E-state index in [1.165, 1.54) is 4.68 Å². The van der Waals surface area contributed by atoms with Crippen LogP contribution in [-0.4, -0.2) is 25.8 Å². The van der Waals surface area contributed by atoms with E-state index < -0.39 is 5.97 Å². The highest BCUT2D eigenvalue weighted by molar-refractivity contribution is 6.13. The fraction of sp³-hybridized carbons (Fsp3) is 0.154. The van der Waals surface area contributed by atoms with Gasteiger partial charge in [-0.15, -0.1) is 0 Å². The van der Waals surface area contributed by atoms with E-state index in [4.69, 9.17) is 0 Å². The number of para-hydroxylation sites is 1. The molecule has 0 aliphatic heterocycles. The first-order valence-corrected chi connectivity index (χ1v) is 5.88. The molecule has 19 heavy (non-hydrogen) atoms. The molecule has 2 aromatic heterocycles. The van der Waals surface area contributed by atoms with Gasteiger partial charge in [-0.2, -0.15) is 5.10 Å². The monoisotopic (exact) mass is 257 g/mol. The molecule has 0 aliphatic rings. The van der Waals surface area contributed by atoms with Crippen LogP contribution < -0.4 is 5.56 Å². The molecule has 0 fully saturated rings. The second-order valence-corrected chi connectivity index (χ2v) is 4.19. The molecule has 96 valence electrons. The van der Waals surface area contributed by atoms with E-state index in [2.05, 4.69) is 10.1 Å². The fourth-order valence-electron chi connectivity index (χ4n) is 2.31. The third-order valence-electron chi connectivity index (χ3n) is 3.11. The van der Waals surface area contributed by atoms with Crippen molar-refractivity contribution in [3.05, 3.63) is 40.3 Å². The maximum atomic E-state index is 12.0. The number of pyridine rings is 1. The van der Waals surface area contributed by atoms with Crippen molar-refractivity contribution in [3.8, 4) is 0 Å². The molecule has 6 heteroatoms. The Labute approximate surface area is 107 Å². The number of aromatic nitrogens is 3. The van der Waals surface area contributed by atoms with Crippen molar-refractivity contribution in [2.75, 3.05) is 0 Å². The summed E-state index contributed by atoms with van der Waals surface area (Å²) >= 11 is 0. The second-order valence-electron chi connectivity index (χ2n) is 4.19. The van der Waals surface area contributed by atoms with E-state index in [9.17, 15) is 14.7 Å².